The molecule has 0 spiro atoms. The largest absolute Gasteiger partial charge is 0.491 e. The summed E-state index contributed by atoms with van der Waals surface area (Å²) in [5, 5.41) is 0. The van der Waals surface area contributed by atoms with Gasteiger partial charge in [-0.15, -0.1) is 0 Å². The Morgan fingerprint density at radius 2 is 1.79 bits per heavy atom. The van der Waals surface area contributed by atoms with Crippen molar-refractivity contribution in [3.8, 4) is 5.75 Å². The Hall–Kier alpha value is -2.23. The molecule has 2 aromatic rings. The van der Waals surface area contributed by atoms with E-state index in [0.29, 0.717) is 24.5 Å². The van der Waals surface area contributed by atoms with E-state index >= 15 is 0 Å². The molecule has 0 aliphatic heterocycles. The van der Waals surface area contributed by atoms with Crippen LogP contribution in [-0.4, -0.2) is 6.61 Å². The van der Waals surface area contributed by atoms with Gasteiger partial charge in [-0.05, 0) is 86.1 Å². The molecular formula is C24H27F3O. The minimum absolute atomic E-state index is 0.0260. The van der Waals surface area contributed by atoms with Crippen molar-refractivity contribution >= 4 is 6.08 Å². The molecule has 0 aromatic heterocycles. The summed E-state index contributed by atoms with van der Waals surface area (Å²) in [5.41, 5.74) is 1.96. The molecule has 2 aromatic carbocycles. The first-order chi connectivity index (χ1) is 13.5. The van der Waals surface area contributed by atoms with Crippen molar-refractivity contribution < 1.29 is 17.9 Å². The number of aryl methyl sites for hydroxylation is 1. The first-order valence-corrected chi connectivity index (χ1v) is 10.0. The van der Waals surface area contributed by atoms with Crippen molar-refractivity contribution in [2.45, 2.75) is 51.4 Å². The van der Waals surface area contributed by atoms with Gasteiger partial charge in [-0.25, -0.2) is 8.78 Å². The molecule has 1 aliphatic rings. The van der Waals surface area contributed by atoms with Crippen LogP contribution in [0.5, 0.6) is 5.75 Å². The number of hydrogen-bond acceptors (Lipinski definition) is 1. The summed E-state index contributed by atoms with van der Waals surface area (Å²) in [4.78, 5) is 0. The zero-order valence-corrected chi connectivity index (χ0v) is 16.3. The highest BCUT2D eigenvalue weighted by molar-refractivity contribution is 5.47. The molecule has 28 heavy (non-hydrogen) atoms. The Labute approximate surface area is 165 Å². The first-order valence-electron chi connectivity index (χ1n) is 10.0. The Morgan fingerprint density at radius 3 is 2.43 bits per heavy atom. The number of ether oxygens (including phenoxy) is 1. The molecule has 0 radical (unpaired) electrons. The van der Waals surface area contributed by atoms with Gasteiger partial charge in [0, 0.05) is 0 Å². The molecule has 1 fully saturated rings. The average molecular weight is 388 g/mol. The van der Waals surface area contributed by atoms with Crippen LogP contribution in [0.3, 0.4) is 0 Å². The fourth-order valence-electron chi connectivity index (χ4n) is 4.14. The van der Waals surface area contributed by atoms with E-state index in [1.165, 1.54) is 12.1 Å². The number of rotatable bonds is 7. The van der Waals surface area contributed by atoms with Crippen molar-refractivity contribution in [2.75, 3.05) is 6.61 Å². The van der Waals surface area contributed by atoms with Gasteiger partial charge in [0.05, 0.1) is 6.61 Å². The van der Waals surface area contributed by atoms with E-state index in [2.05, 4.69) is 6.58 Å². The molecule has 0 bridgehead atoms. The van der Waals surface area contributed by atoms with Crippen LogP contribution in [0.25, 0.3) is 6.08 Å². The molecule has 150 valence electrons. The predicted molar refractivity (Wildman–Crippen MR) is 107 cm³/mol. The van der Waals surface area contributed by atoms with Gasteiger partial charge in [0.25, 0.3) is 0 Å². The fraction of sp³-hybridized carbons (Fsp3) is 0.417. The summed E-state index contributed by atoms with van der Waals surface area (Å²) in [6, 6.07) is 8.41. The maximum absolute atomic E-state index is 14.4. The van der Waals surface area contributed by atoms with Crippen molar-refractivity contribution in [3.05, 3.63) is 71.1 Å². The minimum Gasteiger partial charge on any atom is -0.491 e. The van der Waals surface area contributed by atoms with Crippen molar-refractivity contribution in [1.29, 1.82) is 0 Å². The maximum atomic E-state index is 14.4. The lowest BCUT2D eigenvalue weighted by atomic mass is 9.76. The monoisotopic (exact) mass is 388 g/mol. The van der Waals surface area contributed by atoms with Gasteiger partial charge in [-0.2, -0.15) is 4.39 Å². The van der Waals surface area contributed by atoms with Gasteiger partial charge in [0.1, 0.15) is 5.82 Å². The zero-order valence-electron chi connectivity index (χ0n) is 16.3. The summed E-state index contributed by atoms with van der Waals surface area (Å²) in [7, 11) is 0. The zero-order chi connectivity index (χ0) is 20.1. The Balaban J connectivity index is 1.56. The Morgan fingerprint density at radius 1 is 1.04 bits per heavy atom. The molecule has 0 heterocycles. The lowest BCUT2D eigenvalue weighted by Gasteiger charge is -2.29. The van der Waals surface area contributed by atoms with Crippen LogP contribution < -0.4 is 4.74 Å². The highest BCUT2D eigenvalue weighted by atomic mass is 19.2. The van der Waals surface area contributed by atoms with Crippen LogP contribution in [-0.2, 0) is 6.42 Å². The minimum atomic E-state index is -0.889. The second-order valence-corrected chi connectivity index (χ2v) is 7.53. The van der Waals surface area contributed by atoms with Gasteiger partial charge in [0.2, 0.25) is 5.82 Å². The van der Waals surface area contributed by atoms with Crippen LogP contribution >= 0.6 is 0 Å². The topological polar surface area (TPSA) is 9.23 Å². The van der Waals surface area contributed by atoms with Crippen LogP contribution in [0.2, 0.25) is 0 Å². The second kappa shape index (κ2) is 9.31. The standard InChI is InChI=1S/C24H27F3O/c1-3-16-5-11-19(21(25)15-16)12-8-17-6-9-18(10-7-17)20-13-14-22(28-4-2)24(27)23(20)26/h3,5,11,13-15,17-18H,1,4,6-10,12H2,2H3. The van der Waals surface area contributed by atoms with Crippen molar-refractivity contribution in [3.63, 3.8) is 0 Å². The molecule has 0 atom stereocenters. The molecule has 1 aliphatic carbocycles. The SMILES string of the molecule is C=Cc1ccc(CCC2CCC(c3ccc(OCC)c(F)c3F)CC2)c(F)c1. The Bertz CT molecular complexity index is 823. The van der Waals surface area contributed by atoms with Crippen LogP contribution in [0.4, 0.5) is 13.2 Å². The van der Waals surface area contributed by atoms with E-state index in [1.54, 1.807) is 19.1 Å². The third-order valence-corrected chi connectivity index (χ3v) is 5.80. The van der Waals surface area contributed by atoms with E-state index in [-0.39, 0.29) is 17.5 Å². The summed E-state index contributed by atoms with van der Waals surface area (Å²) >= 11 is 0. The normalized spacial score (nSPS) is 19.4. The maximum Gasteiger partial charge on any atom is 0.200 e. The fourth-order valence-corrected chi connectivity index (χ4v) is 4.14. The number of hydrogen-bond donors (Lipinski definition) is 0. The molecule has 4 heteroatoms. The quantitative estimate of drug-likeness (QED) is 0.494. The van der Waals surface area contributed by atoms with E-state index in [9.17, 15) is 13.2 Å². The second-order valence-electron chi connectivity index (χ2n) is 7.53. The summed E-state index contributed by atoms with van der Waals surface area (Å²) in [6.45, 7) is 5.70. The van der Waals surface area contributed by atoms with E-state index in [4.69, 9.17) is 4.74 Å². The third kappa shape index (κ3) is 4.60. The van der Waals surface area contributed by atoms with Crippen LogP contribution in [0, 0.1) is 23.4 Å². The number of benzene rings is 2. The van der Waals surface area contributed by atoms with Gasteiger partial charge < -0.3 is 4.74 Å². The van der Waals surface area contributed by atoms with Gasteiger partial charge in [-0.1, -0.05) is 30.9 Å². The van der Waals surface area contributed by atoms with Gasteiger partial charge in [0.15, 0.2) is 11.6 Å². The summed E-state index contributed by atoms with van der Waals surface area (Å²) < 4.78 is 47.8. The summed E-state index contributed by atoms with van der Waals surface area (Å²) in [5.74, 6) is -1.35. The molecular weight excluding hydrogens is 361 g/mol. The molecule has 0 N–H and O–H groups in total. The lowest BCUT2D eigenvalue weighted by Crippen LogP contribution is -2.16. The molecule has 3 rings (SSSR count). The van der Waals surface area contributed by atoms with Crippen molar-refractivity contribution in [1.82, 2.24) is 0 Å². The molecule has 1 saturated carbocycles. The van der Waals surface area contributed by atoms with Gasteiger partial charge in [-0.3, -0.25) is 0 Å². The lowest BCUT2D eigenvalue weighted by molar-refractivity contribution is 0.296. The summed E-state index contributed by atoms with van der Waals surface area (Å²) in [6.07, 6.45) is 6.80. The molecule has 0 unspecified atom stereocenters. The highest BCUT2D eigenvalue weighted by Gasteiger charge is 2.26. The number of halogens is 3. The Kier molecular flexibility index (Phi) is 6.82. The molecule has 0 amide bonds. The molecule has 1 nitrogen and oxygen atoms in total. The van der Waals surface area contributed by atoms with Crippen LogP contribution in [0.15, 0.2) is 36.9 Å². The average Bonchev–Trinajstić information content (AvgIpc) is 2.71. The van der Waals surface area contributed by atoms with E-state index < -0.39 is 11.6 Å². The first kappa shape index (κ1) is 20.5. The van der Waals surface area contributed by atoms with E-state index in [1.807, 2.05) is 12.1 Å². The predicted octanol–water partition coefficient (Wildman–Crippen LogP) is 7.05. The van der Waals surface area contributed by atoms with Crippen molar-refractivity contribution in [2.24, 2.45) is 5.92 Å². The smallest absolute Gasteiger partial charge is 0.200 e. The molecule has 0 saturated heterocycles. The highest BCUT2D eigenvalue weighted by Crippen LogP contribution is 2.40. The third-order valence-electron chi connectivity index (χ3n) is 5.80. The van der Waals surface area contributed by atoms with Crippen LogP contribution in [0.1, 0.15) is 61.6 Å². The van der Waals surface area contributed by atoms with Gasteiger partial charge >= 0.3 is 0 Å². The van der Waals surface area contributed by atoms with E-state index in [0.717, 1.165) is 43.2 Å².